The predicted octanol–water partition coefficient (Wildman–Crippen LogP) is 4.55. The van der Waals surface area contributed by atoms with Gasteiger partial charge < -0.3 is 9.47 Å². The van der Waals surface area contributed by atoms with Crippen molar-refractivity contribution in [2.75, 3.05) is 19.7 Å². The number of carbonyl (C=O) groups is 1. The summed E-state index contributed by atoms with van der Waals surface area (Å²) in [5, 5.41) is 2.49. The fourth-order valence-electron chi connectivity index (χ4n) is 3.97. The van der Waals surface area contributed by atoms with Gasteiger partial charge in [0.1, 0.15) is 5.75 Å². The molecule has 0 unspecified atom stereocenters. The van der Waals surface area contributed by atoms with E-state index in [2.05, 4.69) is 41.3 Å². The molecule has 1 aliphatic carbocycles. The lowest BCUT2D eigenvalue weighted by molar-refractivity contribution is -0.149. The van der Waals surface area contributed by atoms with Gasteiger partial charge >= 0.3 is 5.97 Å². The summed E-state index contributed by atoms with van der Waals surface area (Å²) < 4.78 is 11.2. The fraction of sp³-hybridized carbons (Fsp3) is 0.522. The monoisotopic (exact) mass is 367 g/mol. The molecule has 2 aromatic carbocycles. The largest absolute Gasteiger partial charge is 0.490 e. The molecule has 27 heavy (non-hydrogen) atoms. The summed E-state index contributed by atoms with van der Waals surface area (Å²) in [6.45, 7) is 5.19. The van der Waals surface area contributed by atoms with Crippen molar-refractivity contribution in [1.29, 1.82) is 0 Å². The van der Waals surface area contributed by atoms with Crippen LogP contribution in [0.2, 0.25) is 0 Å². The first-order valence-corrected chi connectivity index (χ1v) is 10.3. The summed E-state index contributed by atoms with van der Waals surface area (Å²) in [4.78, 5) is 14.3. The molecule has 4 nitrogen and oxygen atoms in total. The summed E-state index contributed by atoms with van der Waals surface area (Å²) >= 11 is 0. The van der Waals surface area contributed by atoms with Crippen LogP contribution in [0.1, 0.15) is 44.6 Å². The number of rotatable bonds is 6. The van der Waals surface area contributed by atoms with E-state index >= 15 is 0 Å². The van der Waals surface area contributed by atoms with Crippen molar-refractivity contribution < 1.29 is 14.3 Å². The number of nitrogens with zero attached hydrogens (tertiary/aromatic N) is 1. The summed E-state index contributed by atoms with van der Waals surface area (Å²) in [6, 6.07) is 13.1. The van der Waals surface area contributed by atoms with Crippen LogP contribution in [0.25, 0.3) is 10.8 Å². The molecule has 144 valence electrons. The van der Waals surface area contributed by atoms with E-state index in [0.29, 0.717) is 12.7 Å². The van der Waals surface area contributed by atoms with Crippen LogP contribution in [0.5, 0.6) is 5.75 Å². The van der Waals surface area contributed by atoms with E-state index in [0.717, 1.165) is 38.2 Å². The van der Waals surface area contributed by atoms with Crippen molar-refractivity contribution in [3.8, 4) is 5.75 Å². The molecule has 0 N–H and O–H groups in total. The van der Waals surface area contributed by atoms with Crippen LogP contribution in [-0.2, 0) is 16.1 Å². The zero-order chi connectivity index (χ0) is 18.6. The molecular weight excluding hydrogens is 338 g/mol. The first kappa shape index (κ1) is 18.3. The van der Waals surface area contributed by atoms with Gasteiger partial charge in [0, 0.05) is 6.54 Å². The maximum Gasteiger partial charge on any atom is 0.309 e. The van der Waals surface area contributed by atoms with E-state index in [1.54, 1.807) is 0 Å². The molecule has 1 saturated heterocycles. The maximum absolute atomic E-state index is 11.9. The number of hydrogen-bond donors (Lipinski definition) is 0. The van der Waals surface area contributed by atoms with E-state index in [-0.39, 0.29) is 11.9 Å². The minimum Gasteiger partial charge on any atom is -0.490 e. The van der Waals surface area contributed by atoms with Gasteiger partial charge in [-0.3, -0.25) is 9.69 Å². The topological polar surface area (TPSA) is 38.8 Å². The van der Waals surface area contributed by atoms with Crippen molar-refractivity contribution in [3.05, 3.63) is 42.0 Å². The third-order valence-corrected chi connectivity index (χ3v) is 5.84. The van der Waals surface area contributed by atoms with Crippen molar-refractivity contribution in [2.24, 2.45) is 5.92 Å². The zero-order valence-corrected chi connectivity index (χ0v) is 16.2. The second-order valence-electron chi connectivity index (χ2n) is 7.82. The van der Waals surface area contributed by atoms with Crippen molar-refractivity contribution >= 4 is 16.7 Å². The predicted molar refractivity (Wildman–Crippen MR) is 107 cm³/mol. The van der Waals surface area contributed by atoms with Crippen LogP contribution in [0.4, 0.5) is 0 Å². The van der Waals surface area contributed by atoms with Gasteiger partial charge in [0.2, 0.25) is 0 Å². The lowest BCUT2D eigenvalue weighted by atomic mass is 9.96. The number of likely N-dealkylation sites (tertiary alicyclic amines) is 1. The first-order chi connectivity index (χ1) is 13.2. The Balaban J connectivity index is 1.35. The van der Waals surface area contributed by atoms with E-state index in [1.165, 1.54) is 35.6 Å². The molecule has 1 aliphatic heterocycles. The molecule has 4 heteroatoms. The normalized spacial score (nSPS) is 19.0. The van der Waals surface area contributed by atoms with Crippen LogP contribution < -0.4 is 4.74 Å². The summed E-state index contributed by atoms with van der Waals surface area (Å²) in [5.41, 5.74) is 1.32. The van der Waals surface area contributed by atoms with Crippen molar-refractivity contribution in [1.82, 2.24) is 4.90 Å². The summed E-state index contributed by atoms with van der Waals surface area (Å²) in [6.07, 6.45) is 5.87. The highest BCUT2D eigenvalue weighted by Gasteiger charge is 2.26. The number of piperidine rings is 1. The fourth-order valence-corrected chi connectivity index (χ4v) is 3.97. The van der Waals surface area contributed by atoms with Gasteiger partial charge in [-0.25, -0.2) is 0 Å². The van der Waals surface area contributed by atoms with Gasteiger partial charge in [0.05, 0.1) is 18.6 Å². The van der Waals surface area contributed by atoms with Crippen LogP contribution >= 0.6 is 0 Å². The van der Waals surface area contributed by atoms with Crippen molar-refractivity contribution in [3.63, 3.8) is 0 Å². The highest BCUT2D eigenvalue weighted by Crippen LogP contribution is 2.28. The van der Waals surface area contributed by atoms with Crippen molar-refractivity contribution in [2.45, 2.75) is 51.7 Å². The van der Waals surface area contributed by atoms with Gasteiger partial charge in [-0.05, 0) is 86.7 Å². The third kappa shape index (κ3) is 4.44. The van der Waals surface area contributed by atoms with E-state index in [9.17, 15) is 4.79 Å². The van der Waals surface area contributed by atoms with Gasteiger partial charge in [0.15, 0.2) is 0 Å². The van der Waals surface area contributed by atoms with Gasteiger partial charge in [0.25, 0.3) is 0 Å². The molecule has 2 fully saturated rings. The lowest BCUT2D eigenvalue weighted by Crippen LogP contribution is -2.36. The molecule has 2 aromatic rings. The molecule has 2 aliphatic rings. The number of ether oxygens (including phenoxy) is 2. The van der Waals surface area contributed by atoms with Crippen LogP contribution in [0.3, 0.4) is 0 Å². The second kappa shape index (κ2) is 8.30. The minimum absolute atomic E-state index is 0.0252. The Kier molecular flexibility index (Phi) is 5.63. The number of hydrogen-bond acceptors (Lipinski definition) is 4. The van der Waals surface area contributed by atoms with Crippen LogP contribution in [0, 0.1) is 5.92 Å². The Bertz CT molecular complexity index is 791. The smallest absolute Gasteiger partial charge is 0.309 e. The van der Waals surface area contributed by atoms with Gasteiger partial charge in [-0.15, -0.1) is 0 Å². The minimum atomic E-state index is -0.0252. The molecule has 0 radical (unpaired) electrons. The molecule has 0 amide bonds. The average molecular weight is 367 g/mol. The Morgan fingerprint density at radius 3 is 2.48 bits per heavy atom. The van der Waals surface area contributed by atoms with Crippen LogP contribution in [0.15, 0.2) is 36.4 Å². The SMILES string of the molecule is CCOC(=O)C1CCN(Cc2ccc3cc(OC4CCC4)ccc3c2)CC1. The highest BCUT2D eigenvalue weighted by molar-refractivity contribution is 5.84. The maximum atomic E-state index is 11.9. The van der Waals surface area contributed by atoms with E-state index in [1.807, 2.05) is 6.92 Å². The molecular formula is C23H29NO3. The summed E-state index contributed by atoms with van der Waals surface area (Å²) in [7, 11) is 0. The first-order valence-electron chi connectivity index (χ1n) is 10.3. The standard InChI is InChI=1S/C23H29NO3/c1-2-26-23(25)18-10-12-24(13-11-18)16-17-6-7-20-15-22(9-8-19(20)14-17)27-21-4-3-5-21/h6-9,14-15,18,21H,2-5,10-13,16H2,1H3. The number of carbonyl (C=O) groups excluding carboxylic acids is 1. The molecule has 0 atom stereocenters. The Morgan fingerprint density at radius 2 is 1.78 bits per heavy atom. The Morgan fingerprint density at radius 1 is 1.04 bits per heavy atom. The Labute approximate surface area is 161 Å². The third-order valence-electron chi connectivity index (χ3n) is 5.84. The average Bonchev–Trinajstić information content (AvgIpc) is 2.65. The Hall–Kier alpha value is -2.07. The van der Waals surface area contributed by atoms with Gasteiger partial charge in [-0.2, -0.15) is 0 Å². The van der Waals surface area contributed by atoms with Crippen LogP contribution in [-0.4, -0.2) is 36.7 Å². The molecule has 0 bridgehead atoms. The van der Waals surface area contributed by atoms with Gasteiger partial charge in [-0.1, -0.05) is 18.2 Å². The number of esters is 1. The number of fused-ring (bicyclic) bond motifs is 1. The molecule has 0 aromatic heterocycles. The molecule has 1 saturated carbocycles. The molecule has 1 heterocycles. The molecule has 4 rings (SSSR count). The van der Waals surface area contributed by atoms with E-state index < -0.39 is 0 Å². The molecule has 0 spiro atoms. The van der Waals surface area contributed by atoms with E-state index in [4.69, 9.17) is 9.47 Å². The summed E-state index contributed by atoms with van der Waals surface area (Å²) in [5.74, 6) is 1.04. The zero-order valence-electron chi connectivity index (χ0n) is 16.2. The highest BCUT2D eigenvalue weighted by atomic mass is 16.5. The quantitative estimate of drug-likeness (QED) is 0.702. The second-order valence-corrected chi connectivity index (χ2v) is 7.82. The number of benzene rings is 2. The lowest BCUT2D eigenvalue weighted by Gasteiger charge is -2.30.